The minimum atomic E-state index is -1.45. The number of hydrogen-bond acceptors (Lipinski definition) is 13. The molecule has 0 spiro atoms. The average molecular weight is 1430 g/mol. The summed E-state index contributed by atoms with van der Waals surface area (Å²) in [7, 11) is 1.50. The Bertz CT molecular complexity index is 4030. The lowest BCUT2D eigenvalue weighted by Gasteiger charge is -2.36. The van der Waals surface area contributed by atoms with Crippen LogP contribution in [0.25, 0.3) is 22.3 Å². The van der Waals surface area contributed by atoms with E-state index in [0.29, 0.717) is 44.2 Å². The van der Waals surface area contributed by atoms with Crippen molar-refractivity contribution in [2.45, 2.75) is 153 Å². The molecule has 10 rings (SSSR count). The topological polar surface area (TPSA) is 252 Å². The number of allylic oxidation sites excluding steroid dienone is 2. The lowest BCUT2D eigenvalue weighted by molar-refractivity contribution is -0.136. The molecule has 0 aliphatic heterocycles. The average Bonchev–Trinajstić information content (AvgIpc) is 1.23. The number of benzene rings is 7. The van der Waals surface area contributed by atoms with Gasteiger partial charge in [0.2, 0.25) is 23.6 Å². The van der Waals surface area contributed by atoms with E-state index in [1.165, 1.54) is 18.8 Å². The number of likely N-dealkylation sites (N-methyl/N-ethyl adjacent to an activating group) is 1. The number of fused-ring (bicyclic) bond motifs is 6. The lowest BCUT2D eigenvalue weighted by Crippen LogP contribution is -2.59. The van der Waals surface area contributed by atoms with Crippen LogP contribution in [0.15, 0.2) is 204 Å². The highest BCUT2D eigenvalue weighted by Gasteiger charge is 2.41. The highest BCUT2D eigenvalue weighted by atomic mass is 32.2. The van der Waals surface area contributed by atoms with Crippen molar-refractivity contribution in [3.8, 4) is 22.3 Å². The van der Waals surface area contributed by atoms with E-state index in [2.05, 4.69) is 56.2 Å². The quantitative estimate of drug-likeness (QED) is 0.0115. The van der Waals surface area contributed by atoms with Crippen LogP contribution in [-0.2, 0) is 42.9 Å². The SMILES string of the molecule is CNC(=O)C(CSC(c1ccccc1)(c1ccccc1)c1ccccc1)NC(=O)C(CCCCN=C(CC(C)C)C1=C(O)CC(C)(C)CC1=O)NC(=O)C(COC(C)(C)C)NC(=O)C(CCCCNC(=O)OCC1c2ccccc2-c2ccccc21)NC(=O)OCC1c2ccccc2-c2ccccc21. The number of nitrogens with zero attached hydrogens (tertiary/aromatic N) is 1. The molecule has 0 fully saturated rings. The van der Waals surface area contributed by atoms with Crippen molar-refractivity contribution < 1.29 is 52.9 Å². The molecule has 19 heteroatoms. The fraction of sp³-hybridized carbons (Fsp3) is 0.388. The van der Waals surface area contributed by atoms with Crippen LogP contribution >= 0.6 is 11.8 Å². The van der Waals surface area contributed by atoms with Gasteiger partial charge in [-0.25, -0.2) is 9.59 Å². The number of ether oxygens (including phenoxy) is 3. The number of ketones is 1. The van der Waals surface area contributed by atoms with Gasteiger partial charge in [0.05, 0.1) is 22.5 Å². The highest BCUT2D eigenvalue weighted by Crippen LogP contribution is 2.50. The van der Waals surface area contributed by atoms with Crippen molar-refractivity contribution >= 4 is 59.1 Å². The Morgan fingerprint density at radius 3 is 1.42 bits per heavy atom. The second-order valence-corrected chi connectivity index (χ2v) is 30.5. The zero-order valence-corrected chi connectivity index (χ0v) is 61.7. The summed E-state index contributed by atoms with van der Waals surface area (Å²) in [6.07, 6.45) is 1.09. The van der Waals surface area contributed by atoms with Crippen LogP contribution in [0.2, 0.25) is 0 Å². The fourth-order valence-electron chi connectivity index (χ4n) is 14.2. The predicted octanol–water partition coefficient (Wildman–Crippen LogP) is 14.2. The first-order chi connectivity index (χ1) is 50.0. The summed E-state index contributed by atoms with van der Waals surface area (Å²) < 4.78 is 17.2. The van der Waals surface area contributed by atoms with Crippen LogP contribution in [0.4, 0.5) is 9.59 Å². The molecular formula is C85H99N7O11S. The molecule has 7 aromatic carbocycles. The number of Topliss-reactive ketones (excluding diaryl/α,β-unsaturated/α-hetero) is 1. The van der Waals surface area contributed by atoms with E-state index in [4.69, 9.17) is 19.2 Å². The van der Waals surface area contributed by atoms with Crippen LogP contribution in [0.5, 0.6) is 0 Å². The molecule has 4 atom stereocenters. The van der Waals surface area contributed by atoms with Gasteiger partial charge in [-0.2, -0.15) is 0 Å². The molecule has 0 radical (unpaired) electrons. The number of aliphatic imine (C=N–C) groups is 1. The van der Waals surface area contributed by atoms with E-state index in [0.717, 1.165) is 61.2 Å². The molecule has 7 N–H and O–H groups in total. The Morgan fingerprint density at radius 1 is 0.538 bits per heavy atom. The molecule has 104 heavy (non-hydrogen) atoms. The van der Waals surface area contributed by atoms with Crippen LogP contribution in [0.3, 0.4) is 0 Å². The summed E-state index contributed by atoms with van der Waals surface area (Å²) in [5.41, 5.74) is 10.9. The Kier molecular flexibility index (Phi) is 26.3. The number of thioether (sulfide) groups is 1. The molecule has 3 aliphatic carbocycles. The first-order valence-corrected chi connectivity index (χ1v) is 37.3. The first kappa shape index (κ1) is 76.8. The number of aliphatic hydroxyl groups is 1. The summed E-state index contributed by atoms with van der Waals surface area (Å²) >= 11 is 1.48. The minimum Gasteiger partial charge on any atom is -0.511 e. The molecule has 3 aliphatic rings. The van der Waals surface area contributed by atoms with Crippen molar-refractivity contribution in [3.05, 3.63) is 238 Å². The molecular weight excluding hydrogens is 1330 g/mol. The number of nitrogens with one attached hydrogen (secondary N) is 6. The van der Waals surface area contributed by atoms with Gasteiger partial charge in [0.25, 0.3) is 0 Å². The maximum absolute atomic E-state index is 15.3. The molecule has 6 amide bonds. The van der Waals surface area contributed by atoms with E-state index < -0.39 is 75.7 Å². The first-order valence-electron chi connectivity index (χ1n) is 36.3. The summed E-state index contributed by atoms with van der Waals surface area (Å²) in [5.74, 6) is -3.04. The van der Waals surface area contributed by atoms with E-state index in [1.54, 1.807) is 20.8 Å². The van der Waals surface area contributed by atoms with Gasteiger partial charge in [0, 0.05) is 56.3 Å². The van der Waals surface area contributed by atoms with Crippen molar-refractivity contribution in [1.82, 2.24) is 31.9 Å². The third-order valence-corrected chi connectivity index (χ3v) is 20.9. The number of amides is 6. The molecule has 18 nitrogen and oxygen atoms in total. The molecule has 546 valence electrons. The normalized spacial score (nSPS) is 15.3. The number of aliphatic hydroxyl groups excluding tert-OH is 1. The zero-order valence-electron chi connectivity index (χ0n) is 60.9. The monoisotopic (exact) mass is 1430 g/mol. The summed E-state index contributed by atoms with van der Waals surface area (Å²) in [6.45, 7) is 13.5. The summed E-state index contributed by atoms with van der Waals surface area (Å²) in [4.78, 5) is 106. The number of carbonyl (C=O) groups excluding carboxylic acids is 7. The number of unbranched alkanes of at least 4 members (excludes halogenated alkanes) is 2. The van der Waals surface area contributed by atoms with Gasteiger partial charge in [0.1, 0.15) is 43.1 Å². The second kappa shape index (κ2) is 35.6. The largest absolute Gasteiger partial charge is 0.511 e. The van der Waals surface area contributed by atoms with Gasteiger partial charge in [-0.15, -0.1) is 11.8 Å². The van der Waals surface area contributed by atoms with E-state index in [9.17, 15) is 24.3 Å². The second-order valence-electron chi connectivity index (χ2n) is 29.3. The molecule has 7 aromatic rings. The van der Waals surface area contributed by atoms with Gasteiger partial charge < -0.3 is 51.2 Å². The number of rotatable bonds is 33. The van der Waals surface area contributed by atoms with Gasteiger partial charge in [0.15, 0.2) is 5.78 Å². The van der Waals surface area contributed by atoms with Gasteiger partial charge in [-0.1, -0.05) is 216 Å². The third kappa shape index (κ3) is 19.5. The van der Waals surface area contributed by atoms with E-state index >= 15 is 14.4 Å². The van der Waals surface area contributed by atoms with Crippen LogP contribution in [0, 0.1) is 11.3 Å². The maximum atomic E-state index is 15.3. The maximum Gasteiger partial charge on any atom is 0.407 e. The number of carbonyl (C=O) groups is 7. The number of hydrogen-bond donors (Lipinski definition) is 7. The van der Waals surface area contributed by atoms with Gasteiger partial charge >= 0.3 is 12.2 Å². The minimum absolute atomic E-state index is 0.0273. The number of alkyl carbamates (subject to hydrolysis) is 2. The molecule has 0 bridgehead atoms. The standard InChI is InChI=1S/C85H99N7O11S/c1-55(2)48-71(76-74(93)49-84(6,7)50-75(76)94)87-46-28-26-44-69(78(96)91-73(77(95)86-8)54-104-85(56-30-12-9-13-31-56,57-32-14-10-15-33-57)58-34-16-11-17-35-58)89-80(98)72(53-103-83(3,4)5)90-79(97)70(92-82(100)102-52-68-65-42-24-20-38-61(65)62-39-21-25-43-66(62)68)45-27-29-47-88-81(99)101-51-67-63-40-22-18-36-59(63)60-37-19-23-41-64(60)67/h9-25,30-43,55,67-70,72-73,93H,26-29,44-54H2,1-8H3,(H,86,95)(H,88,99)(H,89,98)(H,90,97)(H,91,96)(H,92,100). The molecule has 0 aromatic heterocycles. The molecule has 0 heterocycles. The molecule has 0 saturated heterocycles. The van der Waals surface area contributed by atoms with Crippen molar-refractivity contribution in [2.75, 3.05) is 45.7 Å². The van der Waals surface area contributed by atoms with Gasteiger partial charge in [-0.05, 0) is 138 Å². The Hall–Kier alpha value is -9.85. The summed E-state index contributed by atoms with van der Waals surface area (Å²) in [5, 5.41) is 28.5. The van der Waals surface area contributed by atoms with Crippen LogP contribution in [0.1, 0.15) is 157 Å². The van der Waals surface area contributed by atoms with Crippen molar-refractivity contribution in [2.24, 2.45) is 16.3 Å². The van der Waals surface area contributed by atoms with E-state index in [1.807, 2.05) is 191 Å². The van der Waals surface area contributed by atoms with Crippen molar-refractivity contribution in [1.29, 1.82) is 0 Å². The van der Waals surface area contributed by atoms with Crippen LogP contribution in [-0.4, -0.2) is 128 Å². The Balaban J connectivity index is 0.888. The van der Waals surface area contributed by atoms with E-state index in [-0.39, 0.29) is 92.8 Å². The smallest absolute Gasteiger partial charge is 0.407 e. The summed E-state index contributed by atoms with van der Waals surface area (Å²) in [6, 6.07) is 56.8. The Morgan fingerprint density at radius 2 is 0.962 bits per heavy atom. The Labute approximate surface area is 615 Å². The van der Waals surface area contributed by atoms with Crippen molar-refractivity contribution in [3.63, 3.8) is 0 Å². The zero-order chi connectivity index (χ0) is 74.0. The molecule has 0 saturated carbocycles. The predicted molar refractivity (Wildman–Crippen MR) is 409 cm³/mol. The third-order valence-electron chi connectivity index (χ3n) is 19.3. The van der Waals surface area contributed by atoms with Crippen LogP contribution < -0.4 is 31.9 Å². The van der Waals surface area contributed by atoms with Gasteiger partial charge in [-0.3, -0.25) is 29.0 Å². The highest BCUT2D eigenvalue weighted by molar-refractivity contribution is 8.00. The fourth-order valence-corrected chi connectivity index (χ4v) is 15.8. The lowest BCUT2D eigenvalue weighted by atomic mass is 9.75. The molecule has 4 unspecified atom stereocenters.